The van der Waals surface area contributed by atoms with Crippen molar-refractivity contribution in [1.29, 1.82) is 0 Å². The van der Waals surface area contributed by atoms with E-state index in [1.165, 1.54) is 7.11 Å². The van der Waals surface area contributed by atoms with E-state index < -0.39 is 5.41 Å². The van der Waals surface area contributed by atoms with Gasteiger partial charge in [-0.2, -0.15) is 0 Å². The van der Waals surface area contributed by atoms with Gasteiger partial charge < -0.3 is 4.74 Å². The van der Waals surface area contributed by atoms with Crippen LogP contribution in [0.3, 0.4) is 0 Å². The first-order valence-electron chi connectivity index (χ1n) is 6.04. The van der Waals surface area contributed by atoms with Crippen LogP contribution >= 0.6 is 0 Å². The molecule has 1 aromatic rings. The van der Waals surface area contributed by atoms with Gasteiger partial charge in [-0.1, -0.05) is 20.8 Å². The zero-order valence-electron chi connectivity index (χ0n) is 12.3. The standard InChI is InChI=1S/C14H22N2O2/c1-9-8-10(13(2,3)4)16-11(15-9)14(5,6)12(17)18-7/h8H,1-7H3. The molecule has 0 aliphatic carbocycles. The van der Waals surface area contributed by atoms with Gasteiger partial charge in [0.05, 0.1) is 7.11 Å². The predicted molar refractivity (Wildman–Crippen MR) is 70.5 cm³/mol. The molecule has 0 amide bonds. The highest BCUT2D eigenvalue weighted by Crippen LogP contribution is 2.26. The summed E-state index contributed by atoms with van der Waals surface area (Å²) in [7, 11) is 1.38. The highest BCUT2D eigenvalue weighted by atomic mass is 16.5. The van der Waals surface area contributed by atoms with Gasteiger partial charge in [-0.25, -0.2) is 9.97 Å². The van der Waals surface area contributed by atoms with Crippen molar-refractivity contribution in [3.63, 3.8) is 0 Å². The summed E-state index contributed by atoms with van der Waals surface area (Å²) < 4.78 is 4.82. The number of aromatic nitrogens is 2. The van der Waals surface area contributed by atoms with E-state index in [0.717, 1.165) is 11.4 Å². The molecule has 0 aromatic carbocycles. The summed E-state index contributed by atoms with van der Waals surface area (Å²) in [6, 6.07) is 1.96. The third kappa shape index (κ3) is 2.86. The Hall–Kier alpha value is -1.45. The van der Waals surface area contributed by atoms with Crippen LogP contribution < -0.4 is 0 Å². The van der Waals surface area contributed by atoms with Crippen LogP contribution in [0.15, 0.2) is 6.07 Å². The van der Waals surface area contributed by atoms with Crippen LogP contribution in [0.1, 0.15) is 51.8 Å². The number of hydrogen-bond donors (Lipinski definition) is 0. The number of esters is 1. The fourth-order valence-electron chi connectivity index (χ4n) is 1.58. The summed E-state index contributed by atoms with van der Waals surface area (Å²) in [5.74, 6) is 0.187. The van der Waals surface area contributed by atoms with E-state index in [0.29, 0.717) is 5.82 Å². The van der Waals surface area contributed by atoms with Crippen LogP contribution in [-0.4, -0.2) is 23.0 Å². The van der Waals surface area contributed by atoms with Crippen LogP contribution in [0.25, 0.3) is 0 Å². The lowest BCUT2D eigenvalue weighted by Crippen LogP contribution is -2.33. The third-order valence-corrected chi connectivity index (χ3v) is 2.88. The molecule has 18 heavy (non-hydrogen) atoms. The molecule has 1 aromatic heterocycles. The Morgan fingerprint density at radius 2 is 1.72 bits per heavy atom. The van der Waals surface area contributed by atoms with Crippen molar-refractivity contribution in [3.8, 4) is 0 Å². The molecule has 0 aliphatic rings. The third-order valence-electron chi connectivity index (χ3n) is 2.88. The predicted octanol–water partition coefficient (Wildman–Crippen LogP) is 2.53. The largest absolute Gasteiger partial charge is 0.468 e. The SMILES string of the molecule is COC(=O)C(C)(C)c1nc(C)cc(C(C)(C)C)n1. The fourth-order valence-corrected chi connectivity index (χ4v) is 1.58. The van der Waals surface area contributed by atoms with Crippen molar-refractivity contribution in [3.05, 3.63) is 23.3 Å². The van der Waals surface area contributed by atoms with Gasteiger partial charge in [0.15, 0.2) is 0 Å². The Kier molecular flexibility index (Phi) is 3.79. The lowest BCUT2D eigenvalue weighted by molar-refractivity contribution is -0.146. The first kappa shape index (κ1) is 14.6. The van der Waals surface area contributed by atoms with E-state index in [-0.39, 0.29) is 11.4 Å². The van der Waals surface area contributed by atoms with E-state index >= 15 is 0 Å². The van der Waals surface area contributed by atoms with Crippen molar-refractivity contribution in [2.45, 2.75) is 52.4 Å². The van der Waals surface area contributed by atoms with Gasteiger partial charge >= 0.3 is 5.97 Å². The van der Waals surface area contributed by atoms with Crippen molar-refractivity contribution in [2.24, 2.45) is 0 Å². The maximum atomic E-state index is 11.8. The number of rotatable bonds is 2. The molecule has 0 bridgehead atoms. The van der Waals surface area contributed by atoms with Gasteiger partial charge in [0, 0.05) is 16.8 Å². The lowest BCUT2D eigenvalue weighted by Gasteiger charge is -2.24. The molecule has 0 saturated heterocycles. The molecule has 0 aliphatic heterocycles. The van der Waals surface area contributed by atoms with Crippen molar-refractivity contribution < 1.29 is 9.53 Å². The number of nitrogens with zero attached hydrogens (tertiary/aromatic N) is 2. The normalized spacial score (nSPS) is 12.4. The highest BCUT2D eigenvalue weighted by molar-refractivity contribution is 5.80. The van der Waals surface area contributed by atoms with Gasteiger partial charge in [0.1, 0.15) is 11.2 Å². The fraction of sp³-hybridized carbons (Fsp3) is 0.643. The number of hydrogen-bond acceptors (Lipinski definition) is 4. The average Bonchev–Trinajstić information content (AvgIpc) is 2.25. The second kappa shape index (κ2) is 4.67. The molecular formula is C14H22N2O2. The van der Waals surface area contributed by atoms with Crippen molar-refractivity contribution in [1.82, 2.24) is 9.97 Å². The molecule has 4 nitrogen and oxygen atoms in total. The van der Waals surface area contributed by atoms with E-state index in [1.54, 1.807) is 13.8 Å². The summed E-state index contributed by atoms with van der Waals surface area (Å²) in [6.07, 6.45) is 0. The van der Waals surface area contributed by atoms with Crippen LogP contribution in [0, 0.1) is 6.92 Å². The van der Waals surface area contributed by atoms with E-state index in [2.05, 4.69) is 30.7 Å². The number of carbonyl (C=O) groups is 1. The number of carbonyl (C=O) groups excluding carboxylic acids is 1. The summed E-state index contributed by atoms with van der Waals surface area (Å²) in [5, 5.41) is 0. The second-order valence-corrected chi connectivity index (χ2v) is 6.08. The van der Waals surface area contributed by atoms with E-state index in [1.807, 2.05) is 13.0 Å². The summed E-state index contributed by atoms with van der Waals surface area (Å²) >= 11 is 0. The molecule has 0 atom stereocenters. The molecule has 1 rings (SSSR count). The molecule has 0 N–H and O–H groups in total. The second-order valence-electron chi connectivity index (χ2n) is 6.08. The minimum Gasteiger partial charge on any atom is -0.468 e. The number of methoxy groups -OCH3 is 1. The molecule has 0 saturated carbocycles. The smallest absolute Gasteiger partial charge is 0.318 e. The molecule has 1 heterocycles. The van der Waals surface area contributed by atoms with Gasteiger partial charge in [0.25, 0.3) is 0 Å². The molecule has 0 fully saturated rings. The molecule has 0 spiro atoms. The first-order chi connectivity index (χ1) is 8.09. The molecule has 100 valence electrons. The molecule has 0 unspecified atom stereocenters. The monoisotopic (exact) mass is 250 g/mol. The zero-order chi connectivity index (χ0) is 14.1. The van der Waals surface area contributed by atoms with E-state index in [9.17, 15) is 4.79 Å². The van der Waals surface area contributed by atoms with E-state index in [4.69, 9.17) is 4.74 Å². The summed E-state index contributed by atoms with van der Waals surface area (Å²) in [6.45, 7) is 11.7. The Morgan fingerprint density at radius 1 is 1.17 bits per heavy atom. The van der Waals surface area contributed by atoms with Crippen molar-refractivity contribution in [2.75, 3.05) is 7.11 Å². The maximum Gasteiger partial charge on any atom is 0.318 e. The molecular weight excluding hydrogens is 228 g/mol. The van der Waals surface area contributed by atoms with Gasteiger partial charge in [0.2, 0.25) is 0 Å². The van der Waals surface area contributed by atoms with Gasteiger partial charge in [-0.05, 0) is 26.8 Å². The average molecular weight is 250 g/mol. The van der Waals surface area contributed by atoms with Crippen LogP contribution in [0.2, 0.25) is 0 Å². The lowest BCUT2D eigenvalue weighted by atomic mass is 9.89. The number of aryl methyl sites for hydroxylation is 1. The van der Waals surface area contributed by atoms with Crippen LogP contribution in [-0.2, 0) is 20.4 Å². The Morgan fingerprint density at radius 3 is 2.17 bits per heavy atom. The van der Waals surface area contributed by atoms with Gasteiger partial charge in [-0.3, -0.25) is 4.79 Å². The first-order valence-corrected chi connectivity index (χ1v) is 6.04. The summed E-state index contributed by atoms with van der Waals surface area (Å²) in [5.41, 5.74) is 0.888. The van der Waals surface area contributed by atoms with Crippen molar-refractivity contribution >= 4 is 5.97 Å². The Labute approximate surface area is 109 Å². The molecule has 4 heteroatoms. The maximum absolute atomic E-state index is 11.8. The van der Waals surface area contributed by atoms with Crippen LogP contribution in [0.5, 0.6) is 0 Å². The minimum atomic E-state index is -0.833. The quantitative estimate of drug-likeness (QED) is 0.757. The zero-order valence-corrected chi connectivity index (χ0v) is 12.3. The van der Waals surface area contributed by atoms with Gasteiger partial charge in [-0.15, -0.1) is 0 Å². The topological polar surface area (TPSA) is 52.1 Å². The number of ether oxygens (including phenoxy) is 1. The molecule has 0 radical (unpaired) electrons. The Balaban J connectivity index is 3.35. The van der Waals surface area contributed by atoms with Crippen LogP contribution in [0.4, 0.5) is 0 Å². The minimum absolute atomic E-state index is 0.0748. The Bertz CT molecular complexity index is 459. The highest BCUT2D eigenvalue weighted by Gasteiger charge is 2.35. The summed E-state index contributed by atoms with van der Waals surface area (Å²) in [4.78, 5) is 20.7.